The highest BCUT2D eigenvalue weighted by Crippen LogP contribution is 2.24. The quantitative estimate of drug-likeness (QED) is 0.591. The second kappa shape index (κ2) is 2.90. The first-order valence-corrected chi connectivity index (χ1v) is 3.57. The molecule has 2 unspecified atom stereocenters. The molecule has 1 N–H and O–H groups in total. The molecule has 1 fully saturated rings. The van der Waals surface area contributed by atoms with Crippen molar-refractivity contribution in [1.29, 1.82) is 0 Å². The molecule has 1 saturated heterocycles. The maximum Gasteiger partial charge on any atom is 0.310 e. The topological polar surface area (TPSA) is 63.6 Å². The van der Waals surface area contributed by atoms with E-state index in [0.717, 1.165) is 0 Å². The monoisotopic (exact) mass is 158 g/mol. The molecule has 0 aromatic carbocycles. The largest absolute Gasteiger partial charge is 0.481 e. The molecule has 0 aromatic rings. The summed E-state index contributed by atoms with van der Waals surface area (Å²) in [6.45, 7) is 1.80. The van der Waals surface area contributed by atoms with Gasteiger partial charge in [-0.3, -0.25) is 9.59 Å². The number of ether oxygens (including phenoxy) is 1. The van der Waals surface area contributed by atoms with Crippen LogP contribution >= 0.6 is 0 Å². The Hall–Kier alpha value is -1.06. The average molecular weight is 158 g/mol. The first-order valence-electron chi connectivity index (χ1n) is 3.57. The van der Waals surface area contributed by atoms with E-state index >= 15 is 0 Å². The van der Waals surface area contributed by atoms with Gasteiger partial charge in [0.15, 0.2) is 0 Å². The molecule has 0 spiro atoms. The molecule has 2 atom stereocenters. The van der Waals surface area contributed by atoms with Crippen LogP contribution in [0, 0.1) is 5.92 Å². The highest BCUT2D eigenvalue weighted by molar-refractivity contribution is 5.82. The van der Waals surface area contributed by atoms with E-state index in [1.54, 1.807) is 6.92 Å². The Balaban J connectivity index is 2.64. The van der Waals surface area contributed by atoms with E-state index in [1.165, 1.54) is 0 Å². The van der Waals surface area contributed by atoms with Gasteiger partial charge in [0, 0.05) is 0 Å². The third-order valence-electron chi connectivity index (χ3n) is 1.84. The number of carbonyl (C=O) groups is 2. The van der Waals surface area contributed by atoms with Crippen molar-refractivity contribution >= 4 is 11.9 Å². The Morgan fingerprint density at radius 3 is 2.82 bits per heavy atom. The zero-order valence-electron chi connectivity index (χ0n) is 6.24. The highest BCUT2D eigenvalue weighted by atomic mass is 16.6. The first-order chi connectivity index (χ1) is 5.15. The minimum absolute atomic E-state index is 0.0217. The minimum atomic E-state index is -0.942. The second-order valence-corrected chi connectivity index (χ2v) is 2.59. The van der Waals surface area contributed by atoms with Crippen LogP contribution in [-0.2, 0) is 14.3 Å². The Bertz CT molecular complexity index is 187. The van der Waals surface area contributed by atoms with Gasteiger partial charge in [0.1, 0.15) is 12.0 Å². The van der Waals surface area contributed by atoms with Crippen LogP contribution in [0.3, 0.4) is 0 Å². The summed E-state index contributed by atoms with van der Waals surface area (Å²) in [6.07, 6.45) is 0.177. The molecule has 0 aliphatic carbocycles. The lowest BCUT2D eigenvalue weighted by Gasteiger charge is -2.09. The summed E-state index contributed by atoms with van der Waals surface area (Å²) < 4.78 is 4.76. The summed E-state index contributed by atoms with van der Waals surface area (Å²) >= 11 is 0. The van der Waals surface area contributed by atoms with Crippen LogP contribution in [0.15, 0.2) is 0 Å². The number of esters is 1. The lowest BCUT2D eigenvalue weighted by atomic mass is 10.0. The number of aliphatic carboxylic acids is 1. The molecular weight excluding hydrogens is 148 g/mol. The van der Waals surface area contributed by atoms with Crippen molar-refractivity contribution in [2.75, 3.05) is 0 Å². The summed E-state index contributed by atoms with van der Waals surface area (Å²) in [5.74, 6) is -1.97. The predicted molar refractivity (Wildman–Crippen MR) is 35.9 cm³/mol. The molecule has 0 saturated carbocycles. The molecule has 0 radical (unpaired) electrons. The van der Waals surface area contributed by atoms with Crippen LogP contribution in [0.1, 0.15) is 19.8 Å². The Morgan fingerprint density at radius 2 is 2.45 bits per heavy atom. The van der Waals surface area contributed by atoms with Gasteiger partial charge in [-0.05, 0) is 6.42 Å². The molecule has 11 heavy (non-hydrogen) atoms. The van der Waals surface area contributed by atoms with Gasteiger partial charge < -0.3 is 9.84 Å². The molecule has 4 heteroatoms. The van der Waals surface area contributed by atoms with Crippen molar-refractivity contribution in [1.82, 2.24) is 0 Å². The molecule has 0 amide bonds. The number of carbonyl (C=O) groups excluding carboxylic acids is 1. The van der Waals surface area contributed by atoms with Crippen LogP contribution in [0.2, 0.25) is 0 Å². The molecule has 1 heterocycles. The van der Waals surface area contributed by atoms with Crippen molar-refractivity contribution < 1.29 is 19.4 Å². The zero-order valence-corrected chi connectivity index (χ0v) is 6.24. The van der Waals surface area contributed by atoms with Crippen LogP contribution < -0.4 is 0 Å². The normalized spacial score (nSPS) is 30.1. The summed E-state index contributed by atoms with van der Waals surface area (Å²) in [4.78, 5) is 21.1. The van der Waals surface area contributed by atoms with Crippen molar-refractivity contribution in [3.8, 4) is 0 Å². The summed E-state index contributed by atoms with van der Waals surface area (Å²) in [6, 6.07) is 0. The Kier molecular flexibility index (Phi) is 2.12. The lowest BCUT2D eigenvalue weighted by molar-refractivity contribution is -0.144. The predicted octanol–water partition coefficient (Wildman–Crippen LogP) is 0.413. The number of rotatable bonds is 2. The van der Waals surface area contributed by atoms with E-state index in [0.29, 0.717) is 6.42 Å². The van der Waals surface area contributed by atoms with Gasteiger partial charge in [0.2, 0.25) is 0 Å². The molecule has 4 nitrogen and oxygen atoms in total. The molecule has 62 valence electrons. The van der Waals surface area contributed by atoms with Gasteiger partial charge in [0.05, 0.1) is 6.42 Å². The number of carboxylic acids is 1. The van der Waals surface area contributed by atoms with Gasteiger partial charge in [0.25, 0.3) is 0 Å². The Labute approximate surface area is 64.2 Å². The molecule has 1 aliphatic heterocycles. The second-order valence-electron chi connectivity index (χ2n) is 2.59. The fourth-order valence-corrected chi connectivity index (χ4v) is 1.22. The van der Waals surface area contributed by atoms with Gasteiger partial charge in [-0.2, -0.15) is 0 Å². The summed E-state index contributed by atoms with van der Waals surface area (Å²) in [5, 5.41) is 8.60. The van der Waals surface area contributed by atoms with Crippen LogP contribution in [0.5, 0.6) is 0 Å². The van der Waals surface area contributed by atoms with Crippen molar-refractivity contribution in [3.63, 3.8) is 0 Å². The minimum Gasteiger partial charge on any atom is -0.481 e. The SMILES string of the molecule is CCC1OC(=O)CC1C(=O)O. The average Bonchev–Trinajstić information content (AvgIpc) is 2.30. The summed E-state index contributed by atoms with van der Waals surface area (Å²) in [7, 11) is 0. The van der Waals surface area contributed by atoms with E-state index in [4.69, 9.17) is 9.84 Å². The van der Waals surface area contributed by atoms with Crippen LogP contribution in [0.25, 0.3) is 0 Å². The maximum absolute atomic E-state index is 10.6. The van der Waals surface area contributed by atoms with Crippen molar-refractivity contribution in [2.24, 2.45) is 5.92 Å². The molecule has 0 bridgehead atoms. The number of cyclic esters (lactones) is 1. The van der Waals surface area contributed by atoms with Crippen LogP contribution in [-0.4, -0.2) is 23.1 Å². The van der Waals surface area contributed by atoms with E-state index in [2.05, 4.69) is 0 Å². The molecule has 0 aromatic heterocycles. The highest BCUT2D eigenvalue weighted by Gasteiger charge is 2.38. The summed E-state index contributed by atoms with van der Waals surface area (Å²) in [5.41, 5.74) is 0. The van der Waals surface area contributed by atoms with E-state index in [-0.39, 0.29) is 6.42 Å². The molecule has 1 aliphatic rings. The number of hydrogen-bond acceptors (Lipinski definition) is 3. The third kappa shape index (κ3) is 1.50. The van der Waals surface area contributed by atoms with E-state index in [1.807, 2.05) is 0 Å². The van der Waals surface area contributed by atoms with Gasteiger partial charge >= 0.3 is 11.9 Å². The number of carboxylic acid groups (broad SMARTS) is 1. The van der Waals surface area contributed by atoms with Crippen LogP contribution in [0.4, 0.5) is 0 Å². The lowest BCUT2D eigenvalue weighted by Crippen LogP contribution is -2.22. The fourth-order valence-electron chi connectivity index (χ4n) is 1.22. The first kappa shape index (κ1) is 8.04. The van der Waals surface area contributed by atoms with Gasteiger partial charge in [-0.25, -0.2) is 0 Å². The standard InChI is InChI=1S/C7H10O4/c1-2-5-4(7(9)10)3-6(8)11-5/h4-5H,2-3H2,1H3,(H,9,10). The fraction of sp³-hybridized carbons (Fsp3) is 0.714. The smallest absolute Gasteiger partial charge is 0.310 e. The molecule has 1 rings (SSSR count). The van der Waals surface area contributed by atoms with Crippen molar-refractivity contribution in [2.45, 2.75) is 25.9 Å². The maximum atomic E-state index is 10.6. The van der Waals surface area contributed by atoms with E-state index in [9.17, 15) is 9.59 Å². The zero-order chi connectivity index (χ0) is 8.43. The Morgan fingerprint density at radius 1 is 1.82 bits per heavy atom. The van der Waals surface area contributed by atoms with Gasteiger partial charge in [-0.1, -0.05) is 6.92 Å². The third-order valence-corrected chi connectivity index (χ3v) is 1.84. The van der Waals surface area contributed by atoms with Gasteiger partial charge in [-0.15, -0.1) is 0 Å². The molecular formula is C7H10O4. The number of hydrogen-bond donors (Lipinski definition) is 1. The van der Waals surface area contributed by atoms with E-state index < -0.39 is 24.0 Å². The van der Waals surface area contributed by atoms with Crippen molar-refractivity contribution in [3.05, 3.63) is 0 Å².